The largest absolute Gasteiger partial charge is 0.339 e. The van der Waals surface area contributed by atoms with E-state index in [-0.39, 0.29) is 11.8 Å². The zero-order valence-electron chi connectivity index (χ0n) is 14.9. The summed E-state index contributed by atoms with van der Waals surface area (Å²) in [5.41, 5.74) is 3.20. The van der Waals surface area contributed by atoms with Crippen LogP contribution in [0.25, 0.3) is 0 Å². The average molecular weight is 369 g/mol. The molecule has 0 radical (unpaired) electrons. The van der Waals surface area contributed by atoms with Crippen molar-refractivity contribution in [2.24, 2.45) is 0 Å². The highest BCUT2D eigenvalue weighted by Crippen LogP contribution is 2.27. The molecule has 1 saturated heterocycles. The van der Waals surface area contributed by atoms with Crippen molar-refractivity contribution >= 4 is 28.8 Å². The summed E-state index contributed by atoms with van der Waals surface area (Å²) in [4.78, 5) is 29.5. The Morgan fingerprint density at radius 1 is 1.19 bits per heavy atom. The number of fused-ring (bicyclic) bond motifs is 1. The Morgan fingerprint density at radius 2 is 1.96 bits per heavy atom. The Labute approximate surface area is 157 Å². The van der Waals surface area contributed by atoms with Gasteiger partial charge in [-0.15, -0.1) is 11.3 Å². The molecule has 2 aliphatic heterocycles. The van der Waals surface area contributed by atoms with Gasteiger partial charge in [-0.1, -0.05) is 12.1 Å². The van der Waals surface area contributed by atoms with E-state index in [2.05, 4.69) is 21.7 Å². The Bertz CT molecular complexity index is 809. The summed E-state index contributed by atoms with van der Waals surface area (Å²) < 4.78 is 0. The third kappa shape index (κ3) is 3.66. The molecule has 0 aliphatic carbocycles. The Hall–Kier alpha value is -2.18. The molecule has 6 heteroatoms. The van der Waals surface area contributed by atoms with Crippen LogP contribution in [-0.4, -0.2) is 47.3 Å². The van der Waals surface area contributed by atoms with Gasteiger partial charge in [-0.2, -0.15) is 0 Å². The van der Waals surface area contributed by atoms with Gasteiger partial charge in [0.1, 0.15) is 0 Å². The lowest BCUT2D eigenvalue weighted by Gasteiger charge is -2.46. The van der Waals surface area contributed by atoms with E-state index in [1.54, 1.807) is 0 Å². The monoisotopic (exact) mass is 369 g/mol. The third-order valence-corrected chi connectivity index (χ3v) is 6.22. The molecule has 1 aromatic heterocycles. The first-order chi connectivity index (χ1) is 12.6. The minimum atomic E-state index is -0.0901. The summed E-state index contributed by atoms with van der Waals surface area (Å²) in [5.74, 6) is 0.0921. The van der Waals surface area contributed by atoms with Gasteiger partial charge in [0.15, 0.2) is 0 Å². The molecule has 1 aromatic carbocycles. The van der Waals surface area contributed by atoms with Crippen molar-refractivity contribution in [2.45, 2.75) is 32.4 Å². The van der Waals surface area contributed by atoms with Crippen molar-refractivity contribution in [3.63, 3.8) is 0 Å². The van der Waals surface area contributed by atoms with Gasteiger partial charge >= 0.3 is 0 Å². The molecule has 0 saturated carbocycles. The molecule has 4 rings (SSSR count). The van der Waals surface area contributed by atoms with Crippen molar-refractivity contribution in [1.29, 1.82) is 0 Å². The Morgan fingerprint density at radius 3 is 2.69 bits per heavy atom. The number of likely N-dealkylation sites (tertiary alicyclic amines) is 1. The zero-order valence-corrected chi connectivity index (χ0v) is 15.7. The van der Waals surface area contributed by atoms with Gasteiger partial charge in [0.2, 0.25) is 11.8 Å². The number of carbonyl (C=O) groups is 2. The van der Waals surface area contributed by atoms with Crippen LogP contribution in [0.2, 0.25) is 0 Å². The molecule has 2 aliphatic rings. The fourth-order valence-corrected chi connectivity index (χ4v) is 4.56. The quantitative estimate of drug-likeness (QED) is 0.901. The number of nitrogens with one attached hydrogen (secondary N) is 1. The van der Waals surface area contributed by atoms with E-state index in [4.69, 9.17) is 0 Å². The maximum atomic E-state index is 12.5. The van der Waals surface area contributed by atoms with E-state index in [0.717, 1.165) is 43.9 Å². The van der Waals surface area contributed by atoms with Crippen LogP contribution in [-0.2, 0) is 29.0 Å². The topological polar surface area (TPSA) is 52.7 Å². The van der Waals surface area contributed by atoms with Crippen LogP contribution >= 0.6 is 11.3 Å². The van der Waals surface area contributed by atoms with Crippen LogP contribution < -0.4 is 5.32 Å². The number of nitrogens with zero attached hydrogens (tertiary/aromatic N) is 2. The first-order valence-electron chi connectivity index (χ1n) is 9.02. The summed E-state index contributed by atoms with van der Waals surface area (Å²) in [6.07, 6.45) is 1.56. The molecular formula is C20H23N3O2S. The number of carbonyl (C=O) groups excluding carboxylic acids is 2. The van der Waals surface area contributed by atoms with Crippen molar-refractivity contribution in [2.75, 3.05) is 25.0 Å². The van der Waals surface area contributed by atoms with Crippen molar-refractivity contribution in [3.05, 3.63) is 51.7 Å². The van der Waals surface area contributed by atoms with Crippen LogP contribution in [0.4, 0.5) is 5.69 Å². The minimum Gasteiger partial charge on any atom is -0.339 e. The second-order valence-electron chi connectivity index (χ2n) is 7.10. The molecule has 0 atom stereocenters. The maximum Gasteiger partial charge on any atom is 0.227 e. The number of hydrogen-bond donors (Lipinski definition) is 1. The zero-order chi connectivity index (χ0) is 18.1. The molecule has 1 fully saturated rings. The molecule has 0 spiro atoms. The number of hydrogen-bond acceptors (Lipinski definition) is 4. The summed E-state index contributed by atoms with van der Waals surface area (Å²) in [6, 6.07) is 10.2. The number of thiophene rings is 1. The SMILES string of the molecule is CC(=O)Nc1ccc(CC(=O)N2CC(N3CCc4sccc4C3)C2)cc1. The Balaban J connectivity index is 1.26. The first kappa shape index (κ1) is 17.2. The van der Waals surface area contributed by atoms with Gasteiger partial charge in [0.25, 0.3) is 0 Å². The highest BCUT2D eigenvalue weighted by Gasteiger charge is 2.35. The summed E-state index contributed by atoms with van der Waals surface area (Å²) in [5, 5.41) is 4.92. The van der Waals surface area contributed by atoms with E-state index in [1.807, 2.05) is 40.5 Å². The summed E-state index contributed by atoms with van der Waals surface area (Å²) in [7, 11) is 0. The molecular weight excluding hydrogens is 346 g/mol. The van der Waals surface area contributed by atoms with Crippen LogP contribution in [0.15, 0.2) is 35.7 Å². The molecule has 136 valence electrons. The van der Waals surface area contributed by atoms with Gasteiger partial charge in [0, 0.05) is 49.7 Å². The molecule has 1 N–H and O–H groups in total. The van der Waals surface area contributed by atoms with E-state index >= 15 is 0 Å². The number of benzene rings is 1. The lowest BCUT2D eigenvalue weighted by Crippen LogP contribution is -2.61. The smallest absolute Gasteiger partial charge is 0.227 e. The van der Waals surface area contributed by atoms with Crippen LogP contribution in [0, 0.1) is 0 Å². The van der Waals surface area contributed by atoms with Gasteiger partial charge < -0.3 is 10.2 Å². The molecule has 2 aromatic rings. The lowest BCUT2D eigenvalue weighted by atomic mass is 10.0. The fraction of sp³-hybridized carbons (Fsp3) is 0.400. The molecule has 5 nitrogen and oxygen atoms in total. The summed E-state index contributed by atoms with van der Waals surface area (Å²) in [6.45, 7) is 5.28. The molecule has 2 amide bonds. The third-order valence-electron chi connectivity index (χ3n) is 5.20. The van der Waals surface area contributed by atoms with E-state index < -0.39 is 0 Å². The highest BCUT2D eigenvalue weighted by atomic mass is 32.1. The number of rotatable bonds is 4. The first-order valence-corrected chi connectivity index (χ1v) is 9.90. The maximum absolute atomic E-state index is 12.5. The van der Waals surface area contributed by atoms with Crippen molar-refractivity contribution in [1.82, 2.24) is 9.80 Å². The predicted molar refractivity (Wildman–Crippen MR) is 103 cm³/mol. The van der Waals surface area contributed by atoms with Crippen molar-refractivity contribution < 1.29 is 9.59 Å². The predicted octanol–water partition coefficient (Wildman–Crippen LogP) is 2.52. The number of amides is 2. The second-order valence-corrected chi connectivity index (χ2v) is 8.10. The summed E-state index contributed by atoms with van der Waals surface area (Å²) >= 11 is 1.86. The Kier molecular flexibility index (Phi) is 4.78. The molecule has 0 bridgehead atoms. The van der Waals surface area contributed by atoms with Gasteiger partial charge in [-0.3, -0.25) is 14.5 Å². The van der Waals surface area contributed by atoms with E-state index in [0.29, 0.717) is 12.5 Å². The van der Waals surface area contributed by atoms with Crippen molar-refractivity contribution in [3.8, 4) is 0 Å². The standard InChI is InChI=1S/C20H23N3O2S/c1-14(24)21-17-4-2-15(3-5-17)10-20(25)23-12-18(13-23)22-8-6-19-16(11-22)7-9-26-19/h2-5,7,9,18H,6,8,10-13H2,1H3,(H,21,24). The van der Waals surface area contributed by atoms with Gasteiger partial charge in [-0.05, 0) is 41.1 Å². The van der Waals surface area contributed by atoms with Gasteiger partial charge in [0.05, 0.1) is 6.42 Å². The van der Waals surface area contributed by atoms with E-state index in [1.165, 1.54) is 17.4 Å². The van der Waals surface area contributed by atoms with Crippen LogP contribution in [0.1, 0.15) is 22.9 Å². The van der Waals surface area contributed by atoms with Gasteiger partial charge in [-0.25, -0.2) is 0 Å². The van der Waals surface area contributed by atoms with Crippen LogP contribution in [0.5, 0.6) is 0 Å². The fourth-order valence-electron chi connectivity index (χ4n) is 3.67. The molecule has 0 unspecified atom stereocenters. The minimum absolute atomic E-state index is 0.0901. The van der Waals surface area contributed by atoms with E-state index in [9.17, 15) is 9.59 Å². The lowest BCUT2D eigenvalue weighted by molar-refractivity contribution is -0.138. The van der Waals surface area contributed by atoms with Crippen LogP contribution in [0.3, 0.4) is 0 Å². The highest BCUT2D eigenvalue weighted by molar-refractivity contribution is 7.10. The second kappa shape index (κ2) is 7.21. The normalized spacial score (nSPS) is 17.5. The molecule has 26 heavy (non-hydrogen) atoms. The number of anilines is 1. The average Bonchev–Trinajstić information content (AvgIpc) is 3.02. The molecule has 3 heterocycles.